The number of carbonyl (C=O) groups excluding carboxylic acids is 1. The van der Waals surface area contributed by atoms with Gasteiger partial charge in [0.2, 0.25) is 5.91 Å². The third-order valence-electron chi connectivity index (χ3n) is 5.61. The van der Waals surface area contributed by atoms with E-state index >= 15 is 0 Å². The summed E-state index contributed by atoms with van der Waals surface area (Å²) < 4.78 is 13.4. The zero-order chi connectivity index (χ0) is 22.0. The normalized spacial score (nSPS) is 11.1. The van der Waals surface area contributed by atoms with Crippen LogP contribution in [0.2, 0.25) is 0 Å². The number of nitrogens with one attached hydrogen (secondary N) is 3. The number of fused-ring (bicyclic) bond motifs is 1. The largest absolute Gasteiger partial charge is 0.354 e. The molecular formula is C24H23FN4O2. The molecular weight excluding hydrogens is 395 g/mol. The van der Waals surface area contributed by atoms with E-state index in [2.05, 4.69) is 20.5 Å². The molecule has 3 N–H and O–H groups in total. The van der Waals surface area contributed by atoms with Crippen molar-refractivity contribution in [1.82, 2.24) is 20.5 Å². The van der Waals surface area contributed by atoms with Gasteiger partial charge in [-0.1, -0.05) is 18.2 Å². The van der Waals surface area contributed by atoms with Crippen LogP contribution in [0.3, 0.4) is 0 Å². The van der Waals surface area contributed by atoms with Crippen LogP contribution < -0.4 is 10.9 Å². The molecule has 31 heavy (non-hydrogen) atoms. The Balaban J connectivity index is 1.53. The topological polar surface area (TPSA) is 90.6 Å². The molecule has 2 aromatic heterocycles. The van der Waals surface area contributed by atoms with Gasteiger partial charge in [0.25, 0.3) is 5.56 Å². The molecule has 0 aliphatic heterocycles. The maximum atomic E-state index is 13.4. The minimum absolute atomic E-state index is 0.149. The molecule has 0 unspecified atom stereocenters. The van der Waals surface area contributed by atoms with Gasteiger partial charge < -0.3 is 10.3 Å². The van der Waals surface area contributed by atoms with Crippen LogP contribution in [0.25, 0.3) is 22.2 Å². The standard InChI is InChI=1S/C24H23FN4O2/c1-14-15(2)28-29-24(31)20(14)13-26-22(30)12-11-19-18-5-3-4-6-21(18)27-23(19)16-7-9-17(25)10-8-16/h3-10,27H,11-13H2,1-2H3,(H,26,30)(H,29,31). The van der Waals surface area contributed by atoms with Gasteiger partial charge in [-0.2, -0.15) is 5.10 Å². The summed E-state index contributed by atoms with van der Waals surface area (Å²) in [5.41, 5.74) is 5.44. The third-order valence-corrected chi connectivity index (χ3v) is 5.61. The molecule has 6 nitrogen and oxygen atoms in total. The van der Waals surface area contributed by atoms with Crippen LogP contribution in [0.15, 0.2) is 53.3 Å². The minimum Gasteiger partial charge on any atom is -0.354 e. The molecule has 0 radical (unpaired) electrons. The quantitative estimate of drug-likeness (QED) is 0.443. The van der Waals surface area contributed by atoms with E-state index < -0.39 is 0 Å². The summed E-state index contributed by atoms with van der Waals surface area (Å²) in [5, 5.41) is 10.3. The highest BCUT2D eigenvalue weighted by molar-refractivity contribution is 5.91. The molecule has 7 heteroatoms. The molecule has 2 aromatic carbocycles. The van der Waals surface area contributed by atoms with E-state index in [9.17, 15) is 14.0 Å². The lowest BCUT2D eigenvalue weighted by molar-refractivity contribution is -0.121. The molecule has 158 valence electrons. The number of aromatic nitrogens is 3. The molecule has 4 rings (SSSR count). The van der Waals surface area contributed by atoms with Crippen LogP contribution in [-0.4, -0.2) is 21.1 Å². The van der Waals surface area contributed by atoms with Gasteiger partial charge in [0, 0.05) is 35.1 Å². The van der Waals surface area contributed by atoms with Crippen LogP contribution in [0.5, 0.6) is 0 Å². The van der Waals surface area contributed by atoms with E-state index in [1.165, 1.54) is 12.1 Å². The predicted octanol–water partition coefficient (Wildman–Crippen LogP) is 3.92. The smallest absolute Gasteiger partial charge is 0.269 e. The third kappa shape index (κ3) is 4.26. The van der Waals surface area contributed by atoms with Crippen LogP contribution >= 0.6 is 0 Å². The highest BCUT2D eigenvalue weighted by Gasteiger charge is 2.15. The predicted molar refractivity (Wildman–Crippen MR) is 118 cm³/mol. The zero-order valence-corrected chi connectivity index (χ0v) is 17.4. The molecule has 0 aliphatic carbocycles. The monoisotopic (exact) mass is 418 g/mol. The summed E-state index contributed by atoms with van der Waals surface area (Å²) >= 11 is 0. The van der Waals surface area contributed by atoms with Gasteiger partial charge >= 0.3 is 0 Å². The number of hydrogen-bond acceptors (Lipinski definition) is 3. The second-order valence-corrected chi connectivity index (χ2v) is 7.55. The SMILES string of the molecule is Cc1n[nH]c(=O)c(CNC(=O)CCc2c(-c3ccc(F)cc3)[nH]c3ccccc23)c1C. The number of nitrogens with zero attached hydrogens (tertiary/aromatic N) is 1. The van der Waals surface area contributed by atoms with Crippen molar-refractivity contribution in [3.8, 4) is 11.3 Å². The summed E-state index contributed by atoms with van der Waals surface area (Å²) in [5.74, 6) is -0.443. The number of benzene rings is 2. The molecule has 0 aliphatic rings. The Kier molecular flexibility index (Phi) is 5.66. The first-order valence-electron chi connectivity index (χ1n) is 10.1. The van der Waals surface area contributed by atoms with E-state index in [0.717, 1.165) is 39.0 Å². The summed E-state index contributed by atoms with van der Waals surface area (Å²) in [6.07, 6.45) is 0.768. The maximum absolute atomic E-state index is 13.4. The molecule has 1 amide bonds. The Morgan fingerprint density at radius 1 is 1.06 bits per heavy atom. The fraction of sp³-hybridized carbons (Fsp3) is 0.208. The summed E-state index contributed by atoms with van der Waals surface area (Å²) in [7, 11) is 0. The van der Waals surface area contributed by atoms with Crippen molar-refractivity contribution in [2.45, 2.75) is 33.2 Å². The number of aryl methyl sites for hydroxylation is 2. The molecule has 2 heterocycles. The van der Waals surface area contributed by atoms with E-state index in [0.29, 0.717) is 12.0 Å². The van der Waals surface area contributed by atoms with Crippen molar-refractivity contribution in [3.05, 3.63) is 87.1 Å². The lowest BCUT2D eigenvalue weighted by Gasteiger charge is -2.09. The lowest BCUT2D eigenvalue weighted by atomic mass is 10.0. The van der Waals surface area contributed by atoms with Gasteiger partial charge in [-0.05, 0) is 67.3 Å². The fourth-order valence-corrected chi connectivity index (χ4v) is 3.72. The van der Waals surface area contributed by atoms with Crippen molar-refractivity contribution in [2.75, 3.05) is 0 Å². The number of halogens is 1. The van der Waals surface area contributed by atoms with Crippen LogP contribution in [0, 0.1) is 19.7 Å². The van der Waals surface area contributed by atoms with Crippen molar-refractivity contribution in [1.29, 1.82) is 0 Å². The van der Waals surface area contributed by atoms with Gasteiger partial charge in [-0.3, -0.25) is 9.59 Å². The van der Waals surface area contributed by atoms with E-state index in [1.807, 2.05) is 38.1 Å². The zero-order valence-electron chi connectivity index (χ0n) is 17.4. The van der Waals surface area contributed by atoms with E-state index in [1.54, 1.807) is 12.1 Å². The Bertz CT molecular complexity index is 1310. The number of aromatic amines is 2. The first kappa shape index (κ1) is 20.5. The average Bonchev–Trinajstić information content (AvgIpc) is 3.14. The first-order valence-corrected chi connectivity index (χ1v) is 10.1. The summed E-state index contributed by atoms with van der Waals surface area (Å²) in [6.45, 7) is 3.78. The van der Waals surface area contributed by atoms with Crippen molar-refractivity contribution in [3.63, 3.8) is 0 Å². The molecule has 0 spiro atoms. The average molecular weight is 418 g/mol. The molecule has 0 bridgehead atoms. The van der Waals surface area contributed by atoms with Crippen molar-refractivity contribution >= 4 is 16.8 Å². The maximum Gasteiger partial charge on any atom is 0.269 e. The number of H-pyrrole nitrogens is 2. The van der Waals surface area contributed by atoms with E-state index in [-0.39, 0.29) is 30.2 Å². The van der Waals surface area contributed by atoms with Crippen molar-refractivity contribution < 1.29 is 9.18 Å². The molecule has 0 fully saturated rings. The van der Waals surface area contributed by atoms with Crippen LogP contribution in [0.4, 0.5) is 4.39 Å². The number of hydrogen-bond donors (Lipinski definition) is 3. The van der Waals surface area contributed by atoms with Gasteiger partial charge in [0.1, 0.15) is 5.82 Å². The number of rotatable bonds is 6. The van der Waals surface area contributed by atoms with Gasteiger partial charge in [0.15, 0.2) is 0 Å². The molecule has 0 saturated heterocycles. The minimum atomic E-state index is -0.294. The fourth-order valence-electron chi connectivity index (χ4n) is 3.72. The van der Waals surface area contributed by atoms with Gasteiger partial charge in [0.05, 0.1) is 5.69 Å². The second-order valence-electron chi connectivity index (χ2n) is 7.55. The van der Waals surface area contributed by atoms with Gasteiger partial charge in [-0.15, -0.1) is 0 Å². The van der Waals surface area contributed by atoms with E-state index in [4.69, 9.17) is 0 Å². The molecule has 0 atom stereocenters. The number of amides is 1. The Morgan fingerprint density at radius 2 is 1.81 bits per heavy atom. The molecule has 0 saturated carbocycles. The lowest BCUT2D eigenvalue weighted by Crippen LogP contribution is -2.28. The highest BCUT2D eigenvalue weighted by atomic mass is 19.1. The Hall–Kier alpha value is -3.74. The number of para-hydroxylation sites is 1. The summed E-state index contributed by atoms with van der Waals surface area (Å²) in [6, 6.07) is 14.2. The summed E-state index contributed by atoms with van der Waals surface area (Å²) in [4.78, 5) is 28.0. The highest BCUT2D eigenvalue weighted by Crippen LogP contribution is 2.31. The second kappa shape index (κ2) is 8.55. The van der Waals surface area contributed by atoms with Crippen molar-refractivity contribution in [2.24, 2.45) is 0 Å². The van der Waals surface area contributed by atoms with Crippen LogP contribution in [0.1, 0.15) is 28.8 Å². The first-order chi connectivity index (χ1) is 14.9. The van der Waals surface area contributed by atoms with Gasteiger partial charge in [-0.25, -0.2) is 9.49 Å². The Labute approximate surface area is 178 Å². The Morgan fingerprint density at radius 3 is 2.58 bits per heavy atom. The molecule has 4 aromatic rings. The van der Waals surface area contributed by atoms with Crippen LogP contribution in [-0.2, 0) is 17.8 Å². The number of carbonyl (C=O) groups is 1.